The van der Waals surface area contributed by atoms with Crippen LogP contribution in [0.3, 0.4) is 0 Å². The van der Waals surface area contributed by atoms with Crippen LogP contribution >= 0.6 is 0 Å². The number of carbonyl (C=O) groups excluding carboxylic acids is 1. The molecule has 0 bridgehead atoms. The van der Waals surface area contributed by atoms with Crippen molar-refractivity contribution < 1.29 is 13.2 Å². The largest absolute Gasteiger partial charge is 0.354 e. The summed E-state index contributed by atoms with van der Waals surface area (Å²) < 4.78 is 27.7. The molecule has 1 aliphatic rings. The number of hydrogen-bond donors (Lipinski definition) is 2. The monoisotopic (exact) mass is 429 g/mol. The molecular formula is C23H31N3O3S. The smallest absolute Gasteiger partial charge is 0.240 e. The van der Waals surface area contributed by atoms with Gasteiger partial charge in [0.05, 0.1) is 10.9 Å². The summed E-state index contributed by atoms with van der Waals surface area (Å²) in [5, 5.41) is 2.99. The van der Waals surface area contributed by atoms with E-state index in [4.69, 9.17) is 0 Å². The summed E-state index contributed by atoms with van der Waals surface area (Å²) in [5.74, 6) is -0.154. The molecule has 0 radical (unpaired) electrons. The number of likely N-dealkylation sites (tertiary alicyclic amines) is 1. The zero-order valence-electron chi connectivity index (χ0n) is 17.7. The second-order valence-corrected chi connectivity index (χ2v) is 9.63. The van der Waals surface area contributed by atoms with Crippen LogP contribution < -0.4 is 10.0 Å². The van der Waals surface area contributed by atoms with Crippen LogP contribution in [0.1, 0.15) is 42.0 Å². The van der Waals surface area contributed by atoms with E-state index in [1.54, 1.807) is 19.1 Å². The molecule has 0 aliphatic carbocycles. The highest BCUT2D eigenvalue weighted by molar-refractivity contribution is 7.89. The Kier molecular flexibility index (Phi) is 7.64. The summed E-state index contributed by atoms with van der Waals surface area (Å²) >= 11 is 0. The topological polar surface area (TPSA) is 78.5 Å². The van der Waals surface area contributed by atoms with Crippen LogP contribution in [-0.4, -0.2) is 45.4 Å². The minimum Gasteiger partial charge on any atom is -0.354 e. The van der Waals surface area contributed by atoms with Gasteiger partial charge in [-0.3, -0.25) is 9.69 Å². The maximum Gasteiger partial charge on any atom is 0.240 e. The summed E-state index contributed by atoms with van der Waals surface area (Å²) in [6.07, 6.45) is 2.46. The highest BCUT2D eigenvalue weighted by Crippen LogP contribution is 2.24. The first kappa shape index (κ1) is 22.5. The fourth-order valence-electron chi connectivity index (χ4n) is 3.86. The molecule has 0 saturated carbocycles. The second-order valence-electron chi connectivity index (χ2n) is 7.89. The molecule has 1 heterocycles. The van der Waals surface area contributed by atoms with E-state index < -0.39 is 10.0 Å². The molecule has 2 N–H and O–H groups in total. The van der Waals surface area contributed by atoms with Crippen LogP contribution in [0.4, 0.5) is 0 Å². The predicted octanol–water partition coefficient (Wildman–Crippen LogP) is 2.93. The van der Waals surface area contributed by atoms with E-state index in [2.05, 4.69) is 27.1 Å². The normalized spacial score (nSPS) is 15.8. The van der Waals surface area contributed by atoms with Crippen molar-refractivity contribution >= 4 is 15.9 Å². The van der Waals surface area contributed by atoms with Gasteiger partial charge in [0.1, 0.15) is 0 Å². The first-order valence-electron chi connectivity index (χ1n) is 10.5. The number of nitrogens with one attached hydrogen (secondary N) is 2. The van der Waals surface area contributed by atoms with Gasteiger partial charge in [-0.2, -0.15) is 0 Å². The van der Waals surface area contributed by atoms with Gasteiger partial charge in [-0.1, -0.05) is 42.5 Å². The van der Waals surface area contributed by atoms with Crippen LogP contribution in [0, 0.1) is 13.8 Å². The van der Waals surface area contributed by atoms with Crippen molar-refractivity contribution in [2.24, 2.45) is 0 Å². The van der Waals surface area contributed by atoms with E-state index in [1.165, 1.54) is 18.4 Å². The number of benzene rings is 2. The van der Waals surface area contributed by atoms with Crippen LogP contribution in [0.5, 0.6) is 0 Å². The van der Waals surface area contributed by atoms with Gasteiger partial charge >= 0.3 is 0 Å². The number of aryl methyl sites for hydroxylation is 2. The van der Waals surface area contributed by atoms with Gasteiger partial charge in [-0.15, -0.1) is 0 Å². The van der Waals surface area contributed by atoms with E-state index >= 15 is 0 Å². The Morgan fingerprint density at radius 2 is 1.77 bits per heavy atom. The summed E-state index contributed by atoms with van der Waals surface area (Å²) in [7, 11) is -3.63. The molecule has 0 spiro atoms. The lowest BCUT2D eigenvalue weighted by atomic mass is 10.1. The third kappa shape index (κ3) is 5.90. The highest BCUT2D eigenvalue weighted by atomic mass is 32.2. The molecule has 1 amide bonds. The zero-order chi connectivity index (χ0) is 21.6. The van der Waals surface area contributed by atoms with E-state index in [-0.39, 0.29) is 29.8 Å². The molecular weight excluding hydrogens is 398 g/mol. The Labute approximate surface area is 179 Å². The van der Waals surface area contributed by atoms with Gasteiger partial charge in [-0.05, 0) is 62.5 Å². The van der Waals surface area contributed by atoms with Crippen LogP contribution in [0.15, 0.2) is 53.4 Å². The van der Waals surface area contributed by atoms with Crippen molar-refractivity contribution in [1.82, 2.24) is 14.9 Å². The first-order valence-corrected chi connectivity index (χ1v) is 12.0. The van der Waals surface area contributed by atoms with Gasteiger partial charge in [-0.25, -0.2) is 13.1 Å². The van der Waals surface area contributed by atoms with E-state index in [9.17, 15) is 13.2 Å². The highest BCUT2D eigenvalue weighted by Gasteiger charge is 2.24. The maximum atomic E-state index is 12.6. The quantitative estimate of drug-likeness (QED) is 0.642. The van der Waals surface area contributed by atoms with Gasteiger partial charge in [0.15, 0.2) is 0 Å². The van der Waals surface area contributed by atoms with Gasteiger partial charge in [0, 0.05) is 19.5 Å². The molecule has 0 aromatic heterocycles. The number of amides is 1. The summed E-state index contributed by atoms with van der Waals surface area (Å²) in [6.45, 7) is 6.28. The minimum absolute atomic E-state index is 0.0707. The number of hydrogen-bond acceptors (Lipinski definition) is 4. The van der Waals surface area contributed by atoms with E-state index in [0.717, 1.165) is 18.7 Å². The Bertz CT molecular complexity index is 955. The van der Waals surface area contributed by atoms with Crippen molar-refractivity contribution in [2.45, 2.75) is 44.0 Å². The number of sulfonamides is 1. The zero-order valence-corrected chi connectivity index (χ0v) is 18.5. The molecule has 1 unspecified atom stereocenters. The van der Waals surface area contributed by atoms with Gasteiger partial charge in [0.2, 0.25) is 15.9 Å². The number of carbonyl (C=O) groups is 1. The van der Waals surface area contributed by atoms with Crippen LogP contribution in [-0.2, 0) is 14.8 Å². The SMILES string of the molecule is Cc1ccc(C)c(S(=O)(=O)NCCC(=O)NCC(c2ccccc2)N2CCCC2)c1. The van der Waals surface area contributed by atoms with Crippen molar-refractivity contribution in [3.8, 4) is 0 Å². The van der Waals surface area contributed by atoms with Crippen molar-refractivity contribution in [2.75, 3.05) is 26.2 Å². The first-order chi connectivity index (χ1) is 14.4. The molecule has 162 valence electrons. The Morgan fingerprint density at radius 1 is 1.07 bits per heavy atom. The average Bonchev–Trinajstić information content (AvgIpc) is 3.25. The molecule has 1 atom stereocenters. The summed E-state index contributed by atoms with van der Waals surface area (Å²) in [6, 6.07) is 15.7. The summed E-state index contributed by atoms with van der Waals surface area (Å²) in [4.78, 5) is 15.0. The molecule has 2 aromatic rings. The molecule has 7 heteroatoms. The van der Waals surface area contributed by atoms with Gasteiger partial charge < -0.3 is 5.32 Å². The molecule has 3 rings (SSSR count). The minimum atomic E-state index is -3.63. The van der Waals surface area contributed by atoms with E-state index in [0.29, 0.717) is 12.1 Å². The molecule has 1 saturated heterocycles. The molecule has 30 heavy (non-hydrogen) atoms. The van der Waals surface area contributed by atoms with Crippen molar-refractivity contribution in [1.29, 1.82) is 0 Å². The van der Waals surface area contributed by atoms with Crippen molar-refractivity contribution in [3.63, 3.8) is 0 Å². The molecule has 1 aliphatic heterocycles. The average molecular weight is 430 g/mol. The second kappa shape index (κ2) is 10.2. The van der Waals surface area contributed by atoms with Crippen LogP contribution in [0.2, 0.25) is 0 Å². The van der Waals surface area contributed by atoms with Gasteiger partial charge in [0.25, 0.3) is 0 Å². The standard InChI is InChI=1S/C23H31N3O3S/c1-18-10-11-19(2)22(16-18)30(28,29)25-13-12-23(27)24-17-21(26-14-6-7-15-26)20-8-4-3-5-9-20/h3-5,8-11,16,21,25H,6-7,12-15,17H2,1-2H3,(H,24,27). The lowest BCUT2D eigenvalue weighted by Gasteiger charge is -2.28. The fraction of sp³-hybridized carbons (Fsp3) is 0.435. The van der Waals surface area contributed by atoms with Crippen LogP contribution in [0.25, 0.3) is 0 Å². The third-order valence-corrected chi connectivity index (χ3v) is 7.14. The lowest BCUT2D eigenvalue weighted by Crippen LogP contribution is -2.38. The third-order valence-electron chi connectivity index (χ3n) is 5.54. The lowest BCUT2D eigenvalue weighted by molar-refractivity contribution is -0.121. The number of rotatable bonds is 9. The molecule has 1 fully saturated rings. The summed E-state index contributed by atoms with van der Waals surface area (Å²) in [5.41, 5.74) is 2.76. The molecule has 2 aromatic carbocycles. The van der Waals surface area contributed by atoms with Crippen molar-refractivity contribution in [3.05, 3.63) is 65.2 Å². The fourth-order valence-corrected chi connectivity index (χ4v) is 5.22. The maximum absolute atomic E-state index is 12.6. The Balaban J connectivity index is 1.53. The Hall–Kier alpha value is -2.22. The predicted molar refractivity (Wildman–Crippen MR) is 119 cm³/mol. The molecule has 6 nitrogen and oxygen atoms in total. The van der Waals surface area contributed by atoms with E-state index in [1.807, 2.05) is 31.2 Å². The number of nitrogens with zero attached hydrogens (tertiary/aromatic N) is 1. The Morgan fingerprint density at radius 3 is 2.47 bits per heavy atom.